The van der Waals surface area contributed by atoms with Gasteiger partial charge in [0.1, 0.15) is 0 Å². The first-order valence-corrected chi connectivity index (χ1v) is 11.9. The zero-order valence-corrected chi connectivity index (χ0v) is 20.2. The second-order valence-electron chi connectivity index (χ2n) is 8.47. The van der Waals surface area contributed by atoms with E-state index in [1.807, 2.05) is 54.7 Å². The fourth-order valence-corrected chi connectivity index (χ4v) is 4.30. The molecule has 2 aliphatic rings. The van der Waals surface area contributed by atoms with Crippen molar-refractivity contribution >= 4 is 34.0 Å². The highest BCUT2D eigenvalue weighted by Crippen LogP contribution is 2.31. The van der Waals surface area contributed by atoms with Crippen LogP contribution in [-0.4, -0.2) is 20.6 Å². The predicted octanol–water partition coefficient (Wildman–Crippen LogP) is 6.79. The lowest BCUT2D eigenvalue weighted by Crippen LogP contribution is -2.17. The van der Waals surface area contributed by atoms with Crippen LogP contribution >= 0.6 is 11.6 Å². The first-order valence-electron chi connectivity index (χ1n) is 11.5. The molecule has 0 saturated carbocycles. The smallest absolute Gasteiger partial charge is 0.0900 e. The van der Waals surface area contributed by atoms with E-state index in [0.717, 1.165) is 57.0 Å². The molecular formula is C28H26ClN5. The zero-order valence-electron chi connectivity index (χ0n) is 19.5. The van der Waals surface area contributed by atoms with Crippen molar-refractivity contribution < 1.29 is 0 Å². The second-order valence-corrected chi connectivity index (χ2v) is 8.91. The predicted molar refractivity (Wildman–Crippen MR) is 140 cm³/mol. The van der Waals surface area contributed by atoms with Crippen LogP contribution in [0.25, 0.3) is 28.1 Å². The largest absolute Gasteiger partial charge is 0.352 e. The molecule has 2 aromatic carbocycles. The molecule has 0 radical (unpaired) electrons. The maximum Gasteiger partial charge on any atom is 0.0900 e. The molecule has 170 valence electrons. The second kappa shape index (κ2) is 9.27. The molecule has 1 aliphatic carbocycles. The lowest BCUT2D eigenvalue weighted by Gasteiger charge is -2.20. The Balaban J connectivity index is 1.81. The molecule has 1 aliphatic heterocycles. The summed E-state index contributed by atoms with van der Waals surface area (Å²) < 4.78 is 2.22. The number of benzene rings is 3. The fraction of sp³-hybridized carbons (Fsp3) is 0.179. The molecule has 2 heterocycles. The molecule has 34 heavy (non-hydrogen) atoms. The molecular weight excluding hydrogens is 442 g/mol. The number of pyridine rings is 1. The molecule has 5 nitrogen and oxygen atoms in total. The van der Waals surface area contributed by atoms with Crippen LogP contribution in [0.5, 0.6) is 0 Å². The summed E-state index contributed by atoms with van der Waals surface area (Å²) in [6, 6.07) is 24.4. The van der Waals surface area contributed by atoms with E-state index in [4.69, 9.17) is 21.6 Å². The van der Waals surface area contributed by atoms with Gasteiger partial charge in [-0.3, -0.25) is 9.98 Å². The van der Waals surface area contributed by atoms with Gasteiger partial charge in [-0.1, -0.05) is 30.7 Å². The summed E-state index contributed by atoms with van der Waals surface area (Å²) in [7, 11) is 0. The van der Waals surface area contributed by atoms with Gasteiger partial charge in [-0.15, -0.1) is 0 Å². The van der Waals surface area contributed by atoms with E-state index in [-0.39, 0.29) is 6.04 Å². The summed E-state index contributed by atoms with van der Waals surface area (Å²) in [4.78, 5) is 14.5. The van der Waals surface area contributed by atoms with Crippen molar-refractivity contribution in [1.29, 1.82) is 0 Å². The normalized spacial score (nSPS) is 12.1. The molecule has 0 saturated heterocycles. The summed E-state index contributed by atoms with van der Waals surface area (Å²) in [6.07, 6.45) is 2.67. The summed E-state index contributed by atoms with van der Waals surface area (Å²) in [6.45, 7) is 6.28. The Morgan fingerprint density at radius 1 is 0.971 bits per heavy atom. The number of rotatable bonds is 5. The Hall–Kier alpha value is -3.70. The highest BCUT2D eigenvalue weighted by atomic mass is 35.5. The minimum atomic E-state index is 0.134. The number of fused-ring (bicyclic) bond motifs is 2. The first-order chi connectivity index (χ1) is 16.5. The van der Waals surface area contributed by atoms with Crippen molar-refractivity contribution in [3.63, 3.8) is 0 Å². The number of hydrogen-bond donors (Lipinski definition) is 1. The summed E-state index contributed by atoms with van der Waals surface area (Å²) >= 11 is 6.19. The Morgan fingerprint density at radius 3 is 2.53 bits per heavy atom. The molecule has 0 fully saturated rings. The van der Waals surface area contributed by atoms with Gasteiger partial charge in [0.05, 0.1) is 44.8 Å². The third-order valence-electron chi connectivity index (χ3n) is 5.67. The zero-order chi connectivity index (χ0) is 23.7. The van der Waals surface area contributed by atoms with Crippen molar-refractivity contribution in [3.8, 4) is 17.1 Å². The molecule has 3 aromatic rings. The average Bonchev–Trinajstić information content (AvgIpc) is 2.84. The van der Waals surface area contributed by atoms with Gasteiger partial charge >= 0.3 is 0 Å². The number of halogens is 1. The van der Waals surface area contributed by atoms with Gasteiger partial charge in [-0.05, 0) is 80.9 Å². The van der Waals surface area contributed by atoms with E-state index >= 15 is 0 Å². The molecule has 0 bridgehead atoms. The average molecular weight is 468 g/mol. The Bertz CT molecular complexity index is 1500. The van der Waals surface area contributed by atoms with Crippen LogP contribution in [0.15, 0.2) is 84.0 Å². The standard InChI is InChI=1S/C28H26ClN5/c1-4-21-22(9-7-15-30-21)32-24-16-26-28(17-25(24)31-18(2)3)34(20-13-11-19(29)12-14-20)27-10-6-5-8-23(27)33-26/h5-18,32H,4H2,1-3H3. The van der Waals surface area contributed by atoms with E-state index in [1.165, 1.54) is 0 Å². The summed E-state index contributed by atoms with van der Waals surface area (Å²) in [5, 5.41) is 5.17. The quantitative estimate of drug-likeness (QED) is 0.289. The first kappa shape index (κ1) is 22.1. The highest BCUT2D eigenvalue weighted by Gasteiger charge is 2.17. The van der Waals surface area contributed by atoms with Gasteiger partial charge in [0.15, 0.2) is 0 Å². The van der Waals surface area contributed by atoms with E-state index in [0.29, 0.717) is 5.02 Å². The van der Waals surface area contributed by atoms with Gasteiger partial charge in [0, 0.05) is 22.9 Å². The van der Waals surface area contributed by atoms with Crippen LogP contribution in [0, 0.1) is 0 Å². The van der Waals surface area contributed by atoms with Crippen LogP contribution in [0.2, 0.25) is 5.02 Å². The number of aryl methyl sites for hydroxylation is 1. The molecule has 0 unspecified atom stereocenters. The number of para-hydroxylation sites is 2. The highest BCUT2D eigenvalue weighted by molar-refractivity contribution is 6.30. The fourth-order valence-electron chi connectivity index (χ4n) is 4.17. The SMILES string of the molecule is CCc1ncccc1Nc1cc2nc3ccccc3n(-c3ccc(Cl)cc3)c-2cc1=NC(C)C. The lowest BCUT2D eigenvalue weighted by molar-refractivity contribution is 0.805. The molecule has 5 rings (SSSR count). The molecule has 6 heteroatoms. The maximum absolute atomic E-state index is 6.19. The van der Waals surface area contributed by atoms with E-state index in [1.54, 1.807) is 0 Å². The number of nitrogens with one attached hydrogen (secondary N) is 1. The number of hydrogen-bond acceptors (Lipinski definition) is 4. The van der Waals surface area contributed by atoms with Crippen molar-refractivity contribution in [1.82, 2.24) is 14.5 Å². The van der Waals surface area contributed by atoms with Crippen LogP contribution < -0.4 is 10.7 Å². The topological polar surface area (TPSA) is 55.1 Å². The third kappa shape index (κ3) is 4.27. The third-order valence-corrected chi connectivity index (χ3v) is 5.93. The van der Waals surface area contributed by atoms with Crippen LogP contribution in [0.3, 0.4) is 0 Å². The van der Waals surface area contributed by atoms with Gasteiger partial charge in [0.2, 0.25) is 0 Å². The van der Waals surface area contributed by atoms with Crippen LogP contribution in [0.1, 0.15) is 26.5 Å². The van der Waals surface area contributed by atoms with Crippen molar-refractivity contribution in [3.05, 3.63) is 95.1 Å². The molecule has 0 spiro atoms. The Labute approximate surface area is 204 Å². The Morgan fingerprint density at radius 2 is 1.76 bits per heavy atom. The van der Waals surface area contributed by atoms with Crippen LogP contribution in [-0.2, 0) is 6.42 Å². The minimum Gasteiger partial charge on any atom is -0.352 e. The summed E-state index contributed by atoms with van der Waals surface area (Å²) in [5.74, 6) is 0. The molecule has 1 N–H and O–H groups in total. The van der Waals surface area contributed by atoms with Gasteiger partial charge in [-0.25, -0.2) is 4.98 Å². The lowest BCUT2D eigenvalue weighted by atomic mass is 10.1. The van der Waals surface area contributed by atoms with Crippen molar-refractivity contribution in [2.75, 3.05) is 5.32 Å². The minimum absolute atomic E-state index is 0.134. The number of nitrogens with zero attached hydrogens (tertiary/aromatic N) is 4. The van der Waals surface area contributed by atoms with E-state index < -0.39 is 0 Å². The number of aromatic nitrogens is 3. The van der Waals surface area contributed by atoms with Crippen LogP contribution in [0.4, 0.5) is 11.4 Å². The Kier molecular flexibility index (Phi) is 6.03. The number of anilines is 2. The van der Waals surface area contributed by atoms with E-state index in [9.17, 15) is 0 Å². The molecule has 0 amide bonds. The maximum atomic E-state index is 6.19. The van der Waals surface area contributed by atoms with Gasteiger partial charge in [0.25, 0.3) is 0 Å². The van der Waals surface area contributed by atoms with Gasteiger partial charge in [-0.2, -0.15) is 0 Å². The summed E-state index contributed by atoms with van der Waals surface area (Å²) in [5.41, 5.74) is 7.72. The van der Waals surface area contributed by atoms with Gasteiger partial charge < -0.3 is 9.88 Å². The molecule has 1 aromatic heterocycles. The van der Waals surface area contributed by atoms with E-state index in [2.05, 4.69) is 59.9 Å². The monoisotopic (exact) mass is 467 g/mol. The van der Waals surface area contributed by atoms with Crippen molar-refractivity contribution in [2.45, 2.75) is 33.2 Å². The van der Waals surface area contributed by atoms with Crippen molar-refractivity contribution in [2.24, 2.45) is 4.99 Å². The molecule has 0 atom stereocenters.